The highest BCUT2D eigenvalue weighted by atomic mass is 16.5. The summed E-state index contributed by atoms with van der Waals surface area (Å²) in [7, 11) is 1.77. The Labute approximate surface area is 111 Å². The number of nitrogens with one attached hydrogen (secondary N) is 1. The van der Waals surface area contributed by atoms with Gasteiger partial charge in [0.05, 0.1) is 31.1 Å². The van der Waals surface area contributed by atoms with Crippen LogP contribution in [0.2, 0.25) is 0 Å². The average molecular weight is 269 g/mol. The van der Waals surface area contributed by atoms with Gasteiger partial charge in [-0.05, 0) is 6.42 Å². The minimum Gasteiger partial charge on any atom is -0.481 e. The number of rotatable bonds is 7. The van der Waals surface area contributed by atoms with Crippen LogP contribution in [-0.4, -0.2) is 33.3 Å². The number of unbranched alkanes of at least 4 members (excludes halogenated alkanes) is 1. The fourth-order valence-electron chi connectivity index (χ4n) is 1.51. The SMILES string of the molecule is CCCCOC(=O)NC(CC(=O)O)c1cn(C)cn1. The van der Waals surface area contributed by atoms with Gasteiger partial charge in [-0.2, -0.15) is 0 Å². The van der Waals surface area contributed by atoms with Crippen LogP contribution in [0.5, 0.6) is 0 Å². The molecule has 0 saturated carbocycles. The molecule has 1 aromatic heterocycles. The smallest absolute Gasteiger partial charge is 0.407 e. The van der Waals surface area contributed by atoms with E-state index >= 15 is 0 Å². The van der Waals surface area contributed by atoms with Gasteiger partial charge in [-0.25, -0.2) is 9.78 Å². The third-order valence-electron chi connectivity index (χ3n) is 2.48. The summed E-state index contributed by atoms with van der Waals surface area (Å²) in [5.74, 6) is -1.01. The molecule has 19 heavy (non-hydrogen) atoms. The number of nitrogens with zero attached hydrogens (tertiary/aromatic N) is 2. The van der Waals surface area contributed by atoms with Gasteiger partial charge in [0.2, 0.25) is 0 Å². The summed E-state index contributed by atoms with van der Waals surface area (Å²) in [6, 6.07) is -0.687. The third kappa shape index (κ3) is 5.41. The minimum atomic E-state index is -1.01. The summed E-state index contributed by atoms with van der Waals surface area (Å²) in [5, 5.41) is 11.4. The van der Waals surface area contributed by atoms with E-state index in [2.05, 4.69) is 10.3 Å². The number of aromatic nitrogens is 2. The van der Waals surface area contributed by atoms with Crippen molar-refractivity contribution in [2.75, 3.05) is 6.61 Å². The standard InChI is InChI=1S/C12H19N3O4/c1-3-4-5-19-12(18)14-9(6-11(16)17)10-7-15(2)8-13-10/h7-9H,3-6H2,1-2H3,(H,14,18)(H,16,17). The Kier molecular flexibility index (Phi) is 5.84. The van der Waals surface area contributed by atoms with Crippen molar-refractivity contribution >= 4 is 12.1 Å². The van der Waals surface area contributed by atoms with Crippen LogP contribution >= 0.6 is 0 Å². The molecule has 0 fully saturated rings. The Morgan fingerprint density at radius 3 is 2.84 bits per heavy atom. The number of alkyl carbamates (subject to hydrolysis) is 1. The largest absolute Gasteiger partial charge is 0.481 e. The number of imidazole rings is 1. The first-order valence-corrected chi connectivity index (χ1v) is 6.16. The van der Waals surface area contributed by atoms with Gasteiger partial charge in [0.15, 0.2) is 0 Å². The molecule has 0 radical (unpaired) electrons. The zero-order valence-corrected chi connectivity index (χ0v) is 11.1. The molecular weight excluding hydrogens is 250 g/mol. The second-order valence-electron chi connectivity index (χ2n) is 4.25. The van der Waals surface area contributed by atoms with Crippen LogP contribution in [0.4, 0.5) is 4.79 Å². The molecule has 1 amide bonds. The molecule has 2 N–H and O–H groups in total. The first kappa shape index (κ1) is 15.0. The topological polar surface area (TPSA) is 93.5 Å². The lowest BCUT2D eigenvalue weighted by Crippen LogP contribution is -2.31. The number of carbonyl (C=O) groups excluding carboxylic acids is 1. The van der Waals surface area contributed by atoms with Gasteiger partial charge in [-0.1, -0.05) is 13.3 Å². The summed E-state index contributed by atoms with van der Waals surface area (Å²) < 4.78 is 6.63. The van der Waals surface area contributed by atoms with E-state index in [1.807, 2.05) is 6.92 Å². The summed E-state index contributed by atoms with van der Waals surface area (Å²) in [6.07, 6.45) is 4.06. The monoisotopic (exact) mass is 269 g/mol. The number of amides is 1. The molecule has 1 heterocycles. The van der Waals surface area contributed by atoms with Crippen LogP contribution in [0.15, 0.2) is 12.5 Å². The highest BCUT2D eigenvalue weighted by Gasteiger charge is 2.20. The third-order valence-corrected chi connectivity index (χ3v) is 2.48. The van der Waals surface area contributed by atoms with E-state index in [-0.39, 0.29) is 6.42 Å². The van der Waals surface area contributed by atoms with Gasteiger partial charge in [-0.3, -0.25) is 4.79 Å². The number of carboxylic acid groups (broad SMARTS) is 1. The lowest BCUT2D eigenvalue weighted by Gasteiger charge is -2.14. The summed E-state index contributed by atoms with van der Waals surface area (Å²) in [6.45, 7) is 2.31. The Balaban J connectivity index is 2.59. The maximum absolute atomic E-state index is 11.5. The maximum atomic E-state index is 11.5. The Morgan fingerprint density at radius 2 is 2.32 bits per heavy atom. The van der Waals surface area contributed by atoms with E-state index in [1.54, 1.807) is 24.1 Å². The van der Waals surface area contributed by atoms with Gasteiger partial charge in [0.1, 0.15) is 0 Å². The lowest BCUT2D eigenvalue weighted by atomic mass is 10.1. The number of ether oxygens (including phenoxy) is 1. The number of aliphatic carboxylic acids is 1. The van der Waals surface area contributed by atoms with Gasteiger partial charge >= 0.3 is 12.1 Å². The average Bonchev–Trinajstić information content (AvgIpc) is 2.75. The predicted molar refractivity (Wildman–Crippen MR) is 67.6 cm³/mol. The predicted octanol–water partition coefficient (Wildman–Crippen LogP) is 1.46. The summed E-state index contributed by atoms with van der Waals surface area (Å²) in [4.78, 5) is 26.4. The van der Waals surface area contributed by atoms with Crippen LogP contribution in [0.3, 0.4) is 0 Å². The maximum Gasteiger partial charge on any atom is 0.407 e. The molecule has 7 nitrogen and oxygen atoms in total. The van der Waals surface area contributed by atoms with E-state index in [0.29, 0.717) is 12.3 Å². The molecule has 0 aliphatic carbocycles. The highest BCUT2D eigenvalue weighted by molar-refractivity contribution is 5.71. The molecule has 0 bridgehead atoms. The minimum absolute atomic E-state index is 0.236. The molecule has 7 heteroatoms. The lowest BCUT2D eigenvalue weighted by molar-refractivity contribution is -0.137. The van der Waals surface area contributed by atoms with Crippen molar-refractivity contribution in [2.45, 2.75) is 32.2 Å². The number of carboxylic acids is 1. The van der Waals surface area contributed by atoms with Crippen LogP contribution in [-0.2, 0) is 16.6 Å². The molecule has 1 rings (SSSR count). The van der Waals surface area contributed by atoms with Crippen LogP contribution in [0, 0.1) is 0 Å². The van der Waals surface area contributed by atoms with Crippen molar-refractivity contribution in [2.24, 2.45) is 7.05 Å². The van der Waals surface area contributed by atoms with E-state index in [4.69, 9.17) is 9.84 Å². The number of hydrogen-bond acceptors (Lipinski definition) is 4. The van der Waals surface area contributed by atoms with E-state index in [1.165, 1.54) is 0 Å². The molecule has 0 saturated heterocycles. The van der Waals surface area contributed by atoms with Crippen LogP contribution in [0.25, 0.3) is 0 Å². The Morgan fingerprint density at radius 1 is 1.58 bits per heavy atom. The summed E-state index contributed by atoms with van der Waals surface area (Å²) >= 11 is 0. The summed E-state index contributed by atoms with van der Waals surface area (Å²) in [5.41, 5.74) is 0.498. The molecule has 1 aromatic rings. The number of carbonyl (C=O) groups is 2. The van der Waals surface area contributed by atoms with Crippen molar-refractivity contribution in [3.8, 4) is 0 Å². The highest BCUT2D eigenvalue weighted by Crippen LogP contribution is 2.14. The first-order chi connectivity index (χ1) is 9.02. The zero-order valence-electron chi connectivity index (χ0n) is 11.1. The Hall–Kier alpha value is -2.05. The van der Waals surface area contributed by atoms with E-state index in [9.17, 15) is 9.59 Å². The van der Waals surface area contributed by atoms with Crippen molar-refractivity contribution < 1.29 is 19.4 Å². The molecular formula is C12H19N3O4. The van der Waals surface area contributed by atoms with Gasteiger partial charge < -0.3 is 19.7 Å². The first-order valence-electron chi connectivity index (χ1n) is 6.16. The molecule has 1 atom stereocenters. The van der Waals surface area contributed by atoms with Crippen LogP contribution in [0.1, 0.15) is 37.9 Å². The van der Waals surface area contributed by atoms with Gasteiger partial charge in [0.25, 0.3) is 0 Å². The quantitative estimate of drug-likeness (QED) is 0.731. The normalized spacial score (nSPS) is 11.9. The second-order valence-corrected chi connectivity index (χ2v) is 4.25. The van der Waals surface area contributed by atoms with Crippen molar-refractivity contribution in [1.82, 2.24) is 14.9 Å². The van der Waals surface area contributed by atoms with Gasteiger partial charge in [0, 0.05) is 13.2 Å². The zero-order chi connectivity index (χ0) is 14.3. The molecule has 0 aliphatic heterocycles. The van der Waals surface area contributed by atoms with Crippen molar-refractivity contribution in [1.29, 1.82) is 0 Å². The van der Waals surface area contributed by atoms with Crippen molar-refractivity contribution in [3.05, 3.63) is 18.2 Å². The number of aryl methyl sites for hydroxylation is 1. The number of hydrogen-bond donors (Lipinski definition) is 2. The van der Waals surface area contributed by atoms with E-state index < -0.39 is 18.1 Å². The molecule has 0 spiro atoms. The second kappa shape index (κ2) is 7.40. The fourth-order valence-corrected chi connectivity index (χ4v) is 1.51. The molecule has 0 aromatic carbocycles. The van der Waals surface area contributed by atoms with Gasteiger partial charge in [-0.15, -0.1) is 0 Å². The Bertz CT molecular complexity index is 430. The van der Waals surface area contributed by atoms with Crippen LogP contribution < -0.4 is 5.32 Å². The van der Waals surface area contributed by atoms with Crippen molar-refractivity contribution in [3.63, 3.8) is 0 Å². The fraction of sp³-hybridized carbons (Fsp3) is 0.583. The molecule has 106 valence electrons. The van der Waals surface area contributed by atoms with E-state index in [0.717, 1.165) is 12.8 Å². The molecule has 1 unspecified atom stereocenters. The molecule has 0 aliphatic rings.